The maximum Gasteiger partial charge on any atom is 0.338 e. The Labute approximate surface area is 187 Å². The number of furan rings is 1. The van der Waals surface area contributed by atoms with Crippen LogP contribution in [0.25, 0.3) is 11.0 Å². The van der Waals surface area contributed by atoms with Crippen LogP contribution in [-0.2, 0) is 14.8 Å². The average Bonchev–Trinajstić information content (AvgIpc) is 3.21. The molecule has 7 nitrogen and oxygen atoms in total. The number of para-hydroxylation sites is 1. The van der Waals surface area contributed by atoms with Crippen molar-refractivity contribution in [3.05, 3.63) is 65.9 Å². The van der Waals surface area contributed by atoms with Gasteiger partial charge in [0.2, 0.25) is 15.8 Å². The molecular weight excluding hydrogens is 430 g/mol. The van der Waals surface area contributed by atoms with E-state index in [0.717, 1.165) is 11.8 Å². The molecule has 2 unspecified atom stereocenters. The van der Waals surface area contributed by atoms with Crippen LogP contribution in [0.4, 0.5) is 0 Å². The summed E-state index contributed by atoms with van der Waals surface area (Å²) < 4.78 is 38.0. The van der Waals surface area contributed by atoms with Crippen molar-refractivity contribution in [1.29, 1.82) is 0 Å². The standard InChI is InChI=1S/C24H25NO6S/c1-16-11-17(2)14-25(13-16)32(28,29)20-9-7-18(8-10-20)24(27)30-15-21(26)23-12-19-5-3-4-6-22(19)31-23/h3-10,12,16-17H,11,13-15H2,1-2H3. The van der Waals surface area contributed by atoms with Crippen molar-refractivity contribution in [3.8, 4) is 0 Å². The molecule has 3 aromatic rings. The second-order valence-corrected chi connectivity index (χ2v) is 10.4. The molecule has 1 aliphatic rings. The largest absolute Gasteiger partial charge is 0.454 e. The van der Waals surface area contributed by atoms with Crippen LogP contribution in [0.5, 0.6) is 0 Å². The molecule has 0 N–H and O–H groups in total. The molecule has 1 aliphatic heterocycles. The summed E-state index contributed by atoms with van der Waals surface area (Å²) >= 11 is 0. The normalized spacial score (nSPS) is 19.7. The van der Waals surface area contributed by atoms with Gasteiger partial charge in [-0.1, -0.05) is 32.0 Å². The van der Waals surface area contributed by atoms with E-state index in [4.69, 9.17) is 9.15 Å². The van der Waals surface area contributed by atoms with E-state index in [0.29, 0.717) is 30.5 Å². The molecule has 1 aromatic heterocycles. The van der Waals surface area contributed by atoms with E-state index < -0.39 is 28.4 Å². The summed E-state index contributed by atoms with van der Waals surface area (Å²) in [6.07, 6.45) is 1.00. The van der Waals surface area contributed by atoms with Crippen LogP contribution in [0, 0.1) is 11.8 Å². The van der Waals surface area contributed by atoms with Crippen molar-refractivity contribution in [2.45, 2.75) is 25.2 Å². The second kappa shape index (κ2) is 8.88. The minimum Gasteiger partial charge on any atom is -0.454 e. The molecule has 2 aromatic carbocycles. The first-order valence-corrected chi connectivity index (χ1v) is 12.0. The highest BCUT2D eigenvalue weighted by Gasteiger charge is 2.31. The maximum atomic E-state index is 13.0. The van der Waals surface area contributed by atoms with Gasteiger partial charge in [-0.3, -0.25) is 4.79 Å². The van der Waals surface area contributed by atoms with Gasteiger partial charge in [0.05, 0.1) is 10.5 Å². The van der Waals surface area contributed by atoms with Gasteiger partial charge in [-0.2, -0.15) is 4.31 Å². The Hall–Kier alpha value is -2.97. The minimum absolute atomic E-state index is 0.116. The van der Waals surface area contributed by atoms with E-state index in [-0.39, 0.29) is 16.2 Å². The minimum atomic E-state index is -3.63. The first-order chi connectivity index (χ1) is 15.2. The van der Waals surface area contributed by atoms with Gasteiger partial charge >= 0.3 is 5.97 Å². The zero-order chi connectivity index (χ0) is 22.9. The van der Waals surface area contributed by atoms with Crippen molar-refractivity contribution in [2.24, 2.45) is 11.8 Å². The number of nitrogens with zero attached hydrogens (tertiary/aromatic N) is 1. The van der Waals surface area contributed by atoms with Crippen LogP contribution in [0.1, 0.15) is 41.2 Å². The number of benzene rings is 2. The molecule has 4 rings (SSSR count). The molecule has 168 valence electrons. The van der Waals surface area contributed by atoms with Gasteiger partial charge in [0.15, 0.2) is 12.4 Å². The predicted molar refractivity (Wildman–Crippen MR) is 119 cm³/mol. The first-order valence-electron chi connectivity index (χ1n) is 10.5. The summed E-state index contributed by atoms with van der Waals surface area (Å²) in [5.74, 6) is -0.453. The number of sulfonamides is 1. The third-order valence-corrected chi connectivity index (χ3v) is 7.44. The lowest BCUT2D eigenvalue weighted by Crippen LogP contribution is -2.42. The van der Waals surface area contributed by atoms with E-state index in [1.165, 1.54) is 28.6 Å². The summed E-state index contributed by atoms with van der Waals surface area (Å²) in [6, 6.07) is 14.4. The predicted octanol–water partition coefficient (Wildman–Crippen LogP) is 4.14. The van der Waals surface area contributed by atoms with Crippen molar-refractivity contribution in [3.63, 3.8) is 0 Å². The number of ketones is 1. The van der Waals surface area contributed by atoms with Crippen LogP contribution < -0.4 is 0 Å². The van der Waals surface area contributed by atoms with E-state index in [9.17, 15) is 18.0 Å². The van der Waals surface area contributed by atoms with Gasteiger partial charge in [0, 0.05) is 18.5 Å². The van der Waals surface area contributed by atoms with Crippen molar-refractivity contribution >= 4 is 32.7 Å². The number of hydrogen-bond donors (Lipinski definition) is 0. The number of esters is 1. The van der Waals surface area contributed by atoms with Crippen LogP contribution in [0.3, 0.4) is 0 Å². The molecule has 2 atom stereocenters. The number of rotatable bonds is 6. The van der Waals surface area contributed by atoms with Gasteiger partial charge in [0.1, 0.15) is 5.58 Å². The van der Waals surface area contributed by atoms with Crippen LogP contribution >= 0.6 is 0 Å². The number of fused-ring (bicyclic) bond motifs is 1. The number of ether oxygens (including phenoxy) is 1. The van der Waals surface area contributed by atoms with Gasteiger partial charge in [-0.25, -0.2) is 13.2 Å². The Morgan fingerprint density at radius 1 is 1.03 bits per heavy atom. The number of carbonyl (C=O) groups is 2. The highest BCUT2D eigenvalue weighted by Crippen LogP contribution is 2.27. The Morgan fingerprint density at radius 2 is 1.69 bits per heavy atom. The van der Waals surface area contributed by atoms with Gasteiger partial charge in [-0.05, 0) is 54.7 Å². The van der Waals surface area contributed by atoms with Crippen molar-refractivity contribution < 1.29 is 27.2 Å². The topological polar surface area (TPSA) is 93.9 Å². The number of hydrogen-bond acceptors (Lipinski definition) is 6. The third-order valence-electron chi connectivity index (χ3n) is 5.60. The quantitative estimate of drug-likeness (QED) is 0.410. The van der Waals surface area contributed by atoms with Crippen LogP contribution in [0.2, 0.25) is 0 Å². The Morgan fingerprint density at radius 3 is 2.34 bits per heavy atom. The Kier molecular flexibility index (Phi) is 6.17. The molecule has 0 saturated carbocycles. The monoisotopic (exact) mass is 455 g/mol. The Bertz CT molecular complexity index is 1200. The summed E-state index contributed by atoms with van der Waals surface area (Å²) in [5.41, 5.74) is 0.748. The molecule has 8 heteroatoms. The smallest absolute Gasteiger partial charge is 0.338 e. The fraction of sp³-hybridized carbons (Fsp3) is 0.333. The SMILES string of the molecule is CC1CC(C)CN(S(=O)(=O)c2ccc(C(=O)OCC(=O)c3cc4ccccc4o3)cc2)C1. The maximum absolute atomic E-state index is 13.0. The molecule has 1 fully saturated rings. The van der Waals surface area contributed by atoms with Gasteiger partial charge in [-0.15, -0.1) is 0 Å². The van der Waals surface area contributed by atoms with E-state index in [1.807, 2.05) is 26.0 Å². The molecular formula is C24H25NO6S. The second-order valence-electron chi connectivity index (χ2n) is 8.44. The molecule has 0 aliphatic carbocycles. The van der Waals surface area contributed by atoms with Crippen molar-refractivity contribution in [1.82, 2.24) is 4.31 Å². The molecule has 0 bridgehead atoms. The fourth-order valence-corrected chi connectivity index (χ4v) is 5.80. The molecule has 1 saturated heterocycles. The average molecular weight is 456 g/mol. The first kappa shape index (κ1) is 22.2. The van der Waals surface area contributed by atoms with E-state index >= 15 is 0 Å². The summed E-state index contributed by atoms with van der Waals surface area (Å²) in [4.78, 5) is 24.8. The zero-order valence-electron chi connectivity index (χ0n) is 18.0. The Balaban J connectivity index is 1.40. The molecule has 2 heterocycles. The zero-order valence-corrected chi connectivity index (χ0v) is 18.8. The van der Waals surface area contributed by atoms with Gasteiger partial charge < -0.3 is 9.15 Å². The summed E-state index contributed by atoms with van der Waals surface area (Å²) in [7, 11) is -3.63. The molecule has 0 spiro atoms. The van der Waals surface area contributed by atoms with E-state index in [2.05, 4.69) is 0 Å². The number of piperidine rings is 1. The lowest BCUT2D eigenvalue weighted by molar-refractivity contribution is 0.0468. The fourth-order valence-electron chi connectivity index (χ4n) is 4.12. The third kappa shape index (κ3) is 4.61. The highest BCUT2D eigenvalue weighted by molar-refractivity contribution is 7.89. The molecule has 0 amide bonds. The molecule has 32 heavy (non-hydrogen) atoms. The van der Waals surface area contributed by atoms with Crippen LogP contribution in [-0.4, -0.2) is 44.2 Å². The lowest BCUT2D eigenvalue weighted by Gasteiger charge is -2.34. The number of carbonyl (C=O) groups excluding carboxylic acids is 2. The lowest BCUT2D eigenvalue weighted by atomic mass is 9.94. The summed E-state index contributed by atoms with van der Waals surface area (Å²) in [6.45, 7) is 4.59. The highest BCUT2D eigenvalue weighted by atomic mass is 32.2. The van der Waals surface area contributed by atoms with Crippen molar-refractivity contribution in [2.75, 3.05) is 19.7 Å². The van der Waals surface area contributed by atoms with E-state index in [1.54, 1.807) is 18.2 Å². The van der Waals surface area contributed by atoms with Gasteiger partial charge in [0.25, 0.3) is 0 Å². The number of Topliss-reactive ketones (excluding diaryl/α,β-unsaturated/α-hetero) is 1. The summed E-state index contributed by atoms with van der Waals surface area (Å²) in [5, 5.41) is 0.788. The van der Waals surface area contributed by atoms with Crippen LogP contribution in [0.15, 0.2) is 63.9 Å². The molecule has 0 radical (unpaired) electrons.